The molecule has 0 aliphatic heterocycles. The van der Waals surface area contributed by atoms with Crippen LogP contribution in [-0.2, 0) is 4.74 Å². The molecule has 1 aromatic rings. The van der Waals surface area contributed by atoms with Crippen molar-refractivity contribution >= 4 is 11.8 Å². The minimum absolute atomic E-state index is 0.697. The normalized spacial score (nSPS) is 10.3. The molecule has 5 heteroatoms. The van der Waals surface area contributed by atoms with E-state index in [2.05, 4.69) is 27.1 Å². The Labute approximate surface area is 103 Å². The van der Waals surface area contributed by atoms with Gasteiger partial charge in [-0.05, 0) is 18.9 Å². The average molecular weight is 238 g/mol. The third kappa shape index (κ3) is 4.99. The molecule has 0 bridgehead atoms. The van der Waals surface area contributed by atoms with E-state index in [0.717, 1.165) is 38.4 Å². The van der Waals surface area contributed by atoms with E-state index < -0.39 is 0 Å². The number of nitrogens with one attached hydrogen (secondary N) is 1. The number of methoxy groups -OCH3 is 1. The summed E-state index contributed by atoms with van der Waals surface area (Å²) in [7, 11) is 3.75. The van der Waals surface area contributed by atoms with Crippen molar-refractivity contribution in [2.45, 2.75) is 19.8 Å². The van der Waals surface area contributed by atoms with Crippen molar-refractivity contribution in [2.24, 2.45) is 0 Å². The number of ether oxygens (including phenoxy) is 1. The standard InChI is InChI=1S/C12H22N4O/c1-4-7-13-12-14-8-6-11(15-12)16(2)9-5-10-17-3/h6,8H,4-5,7,9-10H2,1-3H3,(H,13,14,15). The first-order valence-corrected chi connectivity index (χ1v) is 6.05. The van der Waals surface area contributed by atoms with E-state index >= 15 is 0 Å². The van der Waals surface area contributed by atoms with Gasteiger partial charge in [0.1, 0.15) is 5.82 Å². The molecule has 0 saturated heterocycles. The van der Waals surface area contributed by atoms with Crippen LogP contribution in [0.1, 0.15) is 19.8 Å². The second kappa shape index (κ2) is 7.84. The third-order valence-electron chi connectivity index (χ3n) is 2.41. The Bertz CT molecular complexity index is 319. The van der Waals surface area contributed by atoms with E-state index in [-0.39, 0.29) is 0 Å². The van der Waals surface area contributed by atoms with Gasteiger partial charge >= 0.3 is 0 Å². The van der Waals surface area contributed by atoms with Crippen LogP contribution in [0, 0.1) is 0 Å². The lowest BCUT2D eigenvalue weighted by molar-refractivity contribution is 0.196. The van der Waals surface area contributed by atoms with Crippen molar-refractivity contribution in [1.29, 1.82) is 0 Å². The molecule has 0 aliphatic rings. The molecule has 96 valence electrons. The molecular formula is C12H22N4O. The van der Waals surface area contributed by atoms with Crippen LogP contribution in [0.3, 0.4) is 0 Å². The topological polar surface area (TPSA) is 50.3 Å². The molecule has 0 fully saturated rings. The lowest BCUT2D eigenvalue weighted by atomic mass is 10.4. The molecule has 0 atom stereocenters. The molecular weight excluding hydrogens is 216 g/mol. The minimum atomic E-state index is 0.697. The number of anilines is 2. The van der Waals surface area contributed by atoms with Crippen LogP contribution in [0.2, 0.25) is 0 Å². The highest BCUT2D eigenvalue weighted by atomic mass is 16.5. The Kier molecular flexibility index (Phi) is 6.32. The van der Waals surface area contributed by atoms with Crippen LogP contribution >= 0.6 is 0 Å². The van der Waals surface area contributed by atoms with Crippen molar-refractivity contribution in [3.05, 3.63) is 12.3 Å². The zero-order valence-electron chi connectivity index (χ0n) is 10.9. The molecule has 1 rings (SSSR count). The van der Waals surface area contributed by atoms with E-state index in [1.54, 1.807) is 13.3 Å². The Hall–Kier alpha value is -1.36. The van der Waals surface area contributed by atoms with Gasteiger partial charge in [-0.25, -0.2) is 4.98 Å². The van der Waals surface area contributed by atoms with Crippen LogP contribution in [0.25, 0.3) is 0 Å². The number of hydrogen-bond donors (Lipinski definition) is 1. The summed E-state index contributed by atoms with van der Waals surface area (Å²) in [6.07, 6.45) is 3.85. The molecule has 0 radical (unpaired) electrons. The summed E-state index contributed by atoms with van der Waals surface area (Å²) in [6.45, 7) is 4.72. The Morgan fingerprint density at radius 3 is 3.00 bits per heavy atom. The zero-order valence-corrected chi connectivity index (χ0v) is 10.9. The van der Waals surface area contributed by atoms with Crippen molar-refractivity contribution in [2.75, 3.05) is 44.1 Å². The summed E-state index contributed by atoms with van der Waals surface area (Å²) >= 11 is 0. The first-order chi connectivity index (χ1) is 8.27. The van der Waals surface area contributed by atoms with E-state index in [9.17, 15) is 0 Å². The maximum Gasteiger partial charge on any atom is 0.224 e. The number of aromatic nitrogens is 2. The highest BCUT2D eigenvalue weighted by Gasteiger charge is 2.03. The fraction of sp³-hybridized carbons (Fsp3) is 0.667. The van der Waals surface area contributed by atoms with Gasteiger partial charge < -0.3 is 15.0 Å². The van der Waals surface area contributed by atoms with Crippen LogP contribution in [0.15, 0.2) is 12.3 Å². The summed E-state index contributed by atoms with van der Waals surface area (Å²) in [4.78, 5) is 10.7. The van der Waals surface area contributed by atoms with Gasteiger partial charge in [0.05, 0.1) is 0 Å². The molecule has 0 aromatic carbocycles. The number of nitrogens with zero attached hydrogens (tertiary/aromatic N) is 3. The van der Waals surface area contributed by atoms with Crippen molar-refractivity contribution in [3.63, 3.8) is 0 Å². The molecule has 5 nitrogen and oxygen atoms in total. The van der Waals surface area contributed by atoms with Crippen LogP contribution < -0.4 is 10.2 Å². The lowest BCUT2D eigenvalue weighted by Gasteiger charge is -2.18. The number of rotatable bonds is 8. The van der Waals surface area contributed by atoms with Crippen LogP contribution in [-0.4, -0.2) is 43.8 Å². The Morgan fingerprint density at radius 1 is 1.47 bits per heavy atom. The van der Waals surface area contributed by atoms with Gasteiger partial charge in [-0.2, -0.15) is 4.98 Å². The highest BCUT2D eigenvalue weighted by Crippen LogP contribution is 2.10. The smallest absolute Gasteiger partial charge is 0.224 e. The highest BCUT2D eigenvalue weighted by molar-refractivity contribution is 5.41. The number of hydrogen-bond acceptors (Lipinski definition) is 5. The summed E-state index contributed by atoms with van der Waals surface area (Å²) in [5.74, 6) is 1.64. The molecule has 0 spiro atoms. The van der Waals surface area contributed by atoms with Gasteiger partial charge in [0.25, 0.3) is 0 Å². The molecule has 0 aliphatic carbocycles. The predicted octanol–water partition coefficient (Wildman–Crippen LogP) is 1.77. The predicted molar refractivity (Wildman–Crippen MR) is 70.6 cm³/mol. The summed E-state index contributed by atoms with van der Waals surface area (Å²) in [5.41, 5.74) is 0. The van der Waals surface area contributed by atoms with Gasteiger partial charge in [-0.3, -0.25) is 0 Å². The summed E-state index contributed by atoms with van der Waals surface area (Å²) < 4.78 is 5.03. The largest absolute Gasteiger partial charge is 0.385 e. The lowest BCUT2D eigenvalue weighted by Crippen LogP contribution is -2.21. The Morgan fingerprint density at radius 2 is 2.29 bits per heavy atom. The van der Waals surface area contributed by atoms with Gasteiger partial charge in [0.15, 0.2) is 0 Å². The molecule has 0 unspecified atom stereocenters. The molecule has 1 heterocycles. The fourth-order valence-corrected chi connectivity index (χ4v) is 1.44. The molecule has 1 aromatic heterocycles. The Balaban J connectivity index is 2.51. The summed E-state index contributed by atoms with van der Waals surface area (Å²) in [5, 5.41) is 3.18. The molecule has 1 N–H and O–H groups in total. The van der Waals surface area contributed by atoms with Gasteiger partial charge in [0.2, 0.25) is 5.95 Å². The average Bonchev–Trinajstić information content (AvgIpc) is 2.37. The monoisotopic (exact) mass is 238 g/mol. The minimum Gasteiger partial charge on any atom is -0.385 e. The molecule has 0 saturated carbocycles. The third-order valence-corrected chi connectivity index (χ3v) is 2.41. The molecule has 17 heavy (non-hydrogen) atoms. The van der Waals surface area contributed by atoms with Crippen molar-refractivity contribution in [3.8, 4) is 0 Å². The SMILES string of the molecule is CCCNc1nccc(N(C)CCCOC)n1. The quantitative estimate of drug-likeness (QED) is 0.699. The van der Waals surface area contributed by atoms with E-state index in [0.29, 0.717) is 5.95 Å². The van der Waals surface area contributed by atoms with Crippen molar-refractivity contribution in [1.82, 2.24) is 9.97 Å². The second-order valence-electron chi connectivity index (χ2n) is 3.93. The second-order valence-corrected chi connectivity index (χ2v) is 3.93. The maximum atomic E-state index is 5.03. The maximum absolute atomic E-state index is 5.03. The fourth-order valence-electron chi connectivity index (χ4n) is 1.44. The van der Waals surface area contributed by atoms with Gasteiger partial charge in [-0.15, -0.1) is 0 Å². The van der Waals surface area contributed by atoms with Gasteiger partial charge in [-0.1, -0.05) is 6.92 Å². The summed E-state index contributed by atoms with van der Waals surface area (Å²) in [6, 6.07) is 1.92. The van der Waals surface area contributed by atoms with E-state index in [4.69, 9.17) is 4.74 Å². The first kappa shape index (κ1) is 13.7. The van der Waals surface area contributed by atoms with E-state index in [1.165, 1.54) is 0 Å². The van der Waals surface area contributed by atoms with Crippen molar-refractivity contribution < 1.29 is 4.74 Å². The first-order valence-electron chi connectivity index (χ1n) is 6.05. The zero-order chi connectivity index (χ0) is 12.5. The van der Waals surface area contributed by atoms with Gasteiger partial charge in [0, 0.05) is 40.1 Å². The van der Waals surface area contributed by atoms with E-state index in [1.807, 2.05) is 13.1 Å². The molecule has 0 amide bonds. The van der Waals surface area contributed by atoms with Crippen LogP contribution in [0.5, 0.6) is 0 Å². The van der Waals surface area contributed by atoms with Crippen LogP contribution in [0.4, 0.5) is 11.8 Å².